The Bertz CT molecular complexity index is 7170. The number of nitrogens with zero attached hydrogens (tertiary/aromatic N) is 10. The fourth-order valence-electron chi connectivity index (χ4n) is 16.2. The van der Waals surface area contributed by atoms with Gasteiger partial charge in [0, 0.05) is 87.3 Å². The Kier molecular flexibility index (Phi) is 9.56. The quantitative estimate of drug-likeness (QED) is 0.170. The summed E-state index contributed by atoms with van der Waals surface area (Å²) in [5, 5.41) is 29.6. The number of pyridine rings is 1. The van der Waals surface area contributed by atoms with Gasteiger partial charge < -0.3 is 8.80 Å². The Balaban J connectivity index is 0.790. The molecule has 0 spiro atoms. The largest absolute Gasteiger partial charge is 0.308 e. The SMILES string of the molecule is N#Cc1ccc(-c2nc3cc(-c4ccc5c(c4)c4cc6c7ccccc7n(-c7nc(-c8ccccc8)c8cccnc8n7)c6c6c7cc8ccccc8cc7n5c46)ccc3nc2-n2c3ccccc3c3cc4c5ccccc5n5c6cc7ccccc7cc6c(c32)c45)cc1. The van der Waals surface area contributed by atoms with Crippen LogP contribution in [0.4, 0.5) is 0 Å². The summed E-state index contributed by atoms with van der Waals surface area (Å²) in [6, 6.07) is 95.7. The summed E-state index contributed by atoms with van der Waals surface area (Å²) in [6.45, 7) is 0. The molecule has 94 heavy (non-hydrogen) atoms. The van der Waals surface area contributed by atoms with E-state index in [1.54, 1.807) is 0 Å². The molecule has 22 rings (SSSR count). The highest BCUT2D eigenvalue weighted by Gasteiger charge is 2.30. The normalized spacial score (nSPS) is 12.5. The summed E-state index contributed by atoms with van der Waals surface area (Å²) in [5.74, 6) is 1.28. The van der Waals surface area contributed by atoms with Crippen LogP contribution in [0.3, 0.4) is 0 Å². The Morgan fingerprint density at radius 1 is 0.298 bits per heavy atom. The summed E-state index contributed by atoms with van der Waals surface area (Å²) >= 11 is 0. The Morgan fingerprint density at radius 2 is 0.809 bits per heavy atom. The molecule has 0 atom stereocenters. The van der Waals surface area contributed by atoms with Gasteiger partial charge in [0.05, 0.1) is 83.5 Å². The monoisotopic (exact) mass is 1190 g/mol. The van der Waals surface area contributed by atoms with Crippen LogP contribution < -0.4 is 0 Å². The van der Waals surface area contributed by atoms with Gasteiger partial charge in [0.1, 0.15) is 5.69 Å². The van der Waals surface area contributed by atoms with Gasteiger partial charge in [0.25, 0.3) is 0 Å². The van der Waals surface area contributed by atoms with Gasteiger partial charge in [-0.1, -0.05) is 158 Å². The summed E-state index contributed by atoms with van der Waals surface area (Å²) in [4.78, 5) is 27.2. The third kappa shape index (κ3) is 6.52. The molecule has 0 N–H and O–H groups in total. The number of hydrogen-bond acceptors (Lipinski definition) is 6. The van der Waals surface area contributed by atoms with Gasteiger partial charge in [0.15, 0.2) is 11.5 Å². The standard InChI is InChI=1S/C84H44N10/c85-45-46-28-30-48(31-29-46)77-83(93-69-26-12-9-22-56(69)61-43-60-55-21-8-11-25-68(55)91-72-41-51-19-6-4-17-49(51)38-64(72)74(78(60)91)80(61)93)88-66-34-32-54(40-67(66)87-77)53-33-35-71-59(37-53)63-44-62-57-23-10-13-27-70(57)94(84-89-76(47-15-2-1-3-16-47)58-24-14-36-86-82(58)90-84)81(62)75-65-39-50-18-5-7-20-52(50)42-73(65)92(71)79(63)75/h1-44H. The topological polar surface area (TPSA) is 107 Å². The lowest BCUT2D eigenvalue weighted by Gasteiger charge is -2.15. The number of fused-ring (bicyclic) bond motifs is 24. The van der Waals surface area contributed by atoms with Crippen LogP contribution in [0.2, 0.25) is 0 Å². The molecule has 0 aliphatic rings. The van der Waals surface area contributed by atoms with E-state index >= 15 is 0 Å². The Hall–Kier alpha value is -13.1. The van der Waals surface area contributed by atoms with Crippen LogP contribution in [0.15, 0.2) is 267 Å². The van der Waals surface area contributed by atoms with Crippen LogP contribution in [-0.2, 0) is 0 Å². The maximum Gasteiger partial charge on any atom is 0.237 e. The van der Waals surface area contributed by atoms with E-state index in [9.17, 15) is 5.26 Å². The molecular formula is C84H44N10. The van der Waals surface area contributed by atoms with E-state index < -0.39 is 0 Å². The molecule has 0 bridgehead atoms. The Labute approximate surface area is 532 Å². The van der Waals surface area contributed by atoms with Gasteiger partial charge in [-0.3, -0.25) is 9.13 Å². The second-order valence-electron chi connectivity index (χ2n) is 25.0. The van der Waals surface area contributed by atoms with Crippen molar-refractivity contribution in [3.63, 3.8) is 0 Å². The lowest BCUT2D eigenvalue weighted by molar-refractivity contribution is 1.01. The number of benzene rings is 13. The first-order valence-electron chi connectivity index (χ1n) is 31.7. The average molecular weight is 1190 g/mol. The predicted molar refractivity (Wildman–Crippen MR) is 384 cm³/mol. The van der Waals surface area contributed by atoms with Crippen molar-refractivity contribution >= 4 is 163 Å². The number of hydrogen-bond donors (Lipinski definition) is 0. The lowest BCUT2D eigenvalue weighted by atomic mass is 9.99. The maximum atomic E-state index is 10.1. The fraction of sp³-hybridized carbons (Fsp3) is 0. The molecule has 0 radical (unpaired) electrons. The van der Waals surface area contributed by atoms with Crippen LogP contribution in [-0.4, -0.2) is 42.9 Å². The highest BCUT2D eigenvalue weighted by Crippen LogP contribution is 2.51. The van der Waals surface area contributed by atoms with Crippen molar-refractivity contribution in [2.75, 3.05) is 0 Å². The molecule has 22 aromatic rings. The van der Waals surface area contributed by atoms with Gasteiger partial charge in [0.2, 0.25) is 5.95 Å². The zero-order valence-electron chi connectivity index (χ0n) is 49.9. The predicted octanol–water partition coefficient (Wildman–Crippen LogP) is 20.6. The molecule has 9 aromatic heterocycles. The van der Waals surface area contributed by atoms with Crippen molar-refractivity contribution in [3.8, 4) is 51.5 Å². The smallest absolute Gasteiger partial charge is 0.237 e. The van der Waals surface area contributed by atoms with Crippen molar-refractivity contribution in [3.05, 3.63) is 273 Å². The molecule has 9 heterocycles. The third-order valence-electron chi connectivity index (χ3n) is 20.2. The van der Waals surface area contributed by atoms with Gasteiger partial charge >= 0.3 is 0 Å². The number of para-hydroxylation sites is 3. The minimum atomic E-state index is 0.565. The van der Waals surface area contributed by atoms with E-state index in [-0.39, 0.29) is 0 Å². The molecule has 10 nitrogen and oxygen atoms in total. The van der Waals surface area contributed by atoms with Crippen molar-refractivity contribution in [2.24, 2.45) is 0 Å². The summed E-state index contributed by atoms with van der Waals surface area (Å²) < 4.78 is 9.60. The summed E-state index contributed by atoms with van der Waals surface area (Å²) in [6.07, 6.45) is 1.81. The second-order valence-corrected chi connectivity index (χ2v) is 25.0. The number of aromatic nitrogens is 9. The summed E-state index contributed by atoms with van der Waals surface area (Å²) in [5.41, 5.74) is 19.3. The molecule has 0 aliphatic carbocycles. The van der Waals surface area contributed by atoms with Gasteiger partial charge in [-0.25, -0.2) is 19.9 Å². The first-order chi connectivity index (χ1) is 46.6. The zero-order valence-corrected chi connectivity index (χ0v) is 49.9. The highest BCUT2D eigenvalue weighted by atomic mass is 15.2. The molecule has 0 fully saturated rings. The third-order valence-corrected chi connectivity index (χ3v) is 20.2. The highest BCUT2D eigenvalue weighted by molar-refractivity contribution is 6.37. The van der Waals surface area contributed by atoms with E-state index in [4.69, 9.17) is 24.9 Å². The number of rotatable bonds is 5. The fourth-order valence-corrected chi connectivity index (χ4v) is 16.2. The van der Waals surface area contributed by atoms with Crippen molar-refractivity contribution < 1.29 is 0 Å². The second kappa shape index (κ2) is 18.1. The Morgan fingerprint density at radius 3 is 1.48 bits per heavy atom. The van der Waals surface area contributed by atoms with E-state index in [2.05, 4.69) is 248 Å². The van der Waals surface area contributed by atoms with E-state index in [1.807, 2.05) is 42.6 Å². The first-order valence-corrected chi connectivity index (χ1v) is 31.7. The van der Waals surface area contributed by atoms with Crippen LogP contribution in [0.25, 0.3) is 209 Å². The molecule has 0 saturated carbocycles. The van der Waals surface area contributed by atoms with E-state index in [0.717, 1.165) is 132 Å². The van der Waals surface area contributed by atoms with Gasteiger partial charge in [-0.05, 0) is 136 Å². The van der Waals surface area contributed by atoms with Gasteiger partial charge in [-0.2, -0.15) is 10.2 Å². The van der Waals surface area contributed by atoms with Gasteiger partial charge in [-0.15, -0.1) is 0 Å². The molecular weight excluding hydrogens is 1150 g/mol. The first kappa shape index (κ1) is 49.7. The molecule has 0 amide bonds. The minimum Gasteiger partial charge on any atom is -0.308 e. The van der Waals surface area contributed by atoms with Crippen LogP contribution in [0, 0.1) is 11.3 Å². The van der Waals surface area contributed by atoms with Crippen molar-refractivity contribution in [1.29, 1.82) is 5.26 Å². The molecule has 13 aromatic carbocycles. The molecule has 0 saturated heterocycles. The molecule has 0 aliphatic heterocycles. The zero-order chi connectivity index (χ0) is 61.2. The molecule has 430 valence electrons. The van der Waals surface area contributed by atoms with E-state index in [1.165, 1.54) is 54.1 Å². The number of nitriles is 1. The summed E-state index contributed by atoms with van der Waals surface area (Å²) in [7, 11) is 0. The van der Waals surface area contributed by atoms with Crippen LogP contribution in [0.1, 0.15) is 5.56 Å². The van der Waals surface area contributed by atoms with E-state index in [0.29, 0.717) is 28.7 Å². The van der Waals surface area contributed by atoms with Crippen molar-refractivity contribution in [2.45, 2.75) is 0 Å². The van der Waals surface area contributed by atoms with Crippen LogP contribution in [0.5, 0.6) is 0 Å². The molecule has 10 heteroatoms. The minimum absolute atomic E-state index is 0.565. The maximum absolute atomic E-state index is 10.1. The van der Waals surface area contributed by atoms with Crippen LogP contribution >= 0.6 is 0 Å². The van der Waals surface area contributed by atoms with Crippen molar-refractivity contribution in [1.82, 2.24) is 42.9 Å². The average Bonchev–Trinajstić information content (AvgIpc) is 1.52. The molecule has 0 unspecified atom stereocenters. The lowest BCUT2D eigenvalue weighted by Crippen LogP contribution is -2.04.